The van der Waals surface area contributed by atoms with Gasteiger partial charge >= 0.3 is 5.97 Å². The van der Waals surface area contributed by atoms with Gasteiger partial charge in [-0.3, -0.25) is 9.59 Å². The van der Waals surface area contributed by atoms with Gasteiger partial charge < -0.3 is 5.11 Å². The summed E-state index contributed by atoms with van der Waals surface area (Å²) < 4.78 is 25.2. The molecule has 2 N–H and O–H groups in total. The maximum Gasteiger partial charge on any atom is 0.316 e. The molecule has 1 aromatic carbocycles. The quantitative estimate of drug-likeness (QED) is 0.745. The zero-order valence-electron chi connectivity index (χ0n) is 11.5. The average Bonchev–Trinajstić information content (AvgIpc) is 2.43. The van der Waals surface area contributed by atoms with Crippen LogP contribution in [0.2, 0.25) is 0 Å². The Bertz CT molecular complexity index is 622. The zero-order valence-corrected chi connectivity index (χ0v) is 12.3. The van der Waals surface area contributed by atoms with Gasteiger partial charge in [-0.1, -0.05) is 43.7 Å². The third-order valence-corrected chi connectivity index (χ3v) is 3.65. The Labute approximate surface area is 123 Å². The molecule has 0 saturated heterocycles. The van der Waals surface area contributed by atoms with Gasteiger partial charge in [-0.2, -0.15) is 0 Å². The fourth-order valence-electron chi connectivity index (χ4n) is 1.63. The molecule has 0 aliphatic rings. The lowest BCUT2D eigenvalue weighted by Gasteiger charge is -2.10. The molecule has 0 saturated carbocycles. The third-order valence-electron chi connectivity index (χ3n) is 2.67. The number of rotatable bonds is 7. The first-order valence-corrected chi connectivity index (χ1v) is 7.93. The van der Waals surface area contributed by atoms with Crippen molar-refractivity contribution in [1.29, 1.82) is 0 Å². The second kappa shape index (κ2) is 7.58. The number of sulfonamides is 1. The van der Waals surface area contributed by atoms with Crippen LogP contribution in [0.15, 0.2) is 35.7 Å². The molecule has 0 aliphatic carbocycles. The molecular formula is C14H17NO5S. The van der Waals surface area contributed by atoms with Crippen molar-refractivity contribution in [2.24, 2.45) is 5.92 Å². The SMILES string of the molecule is CCCC(C(=O)O)C(=O)NS(=O)(=O)C=Cc1ccccc1. The van der Waals surface area contributed by atoms with Crippen LogP contribution in [-0.2, 0) is 19.6 Å². The van der Waals surface area contributed by atoms with Crippen molar-refractivity contribution >= 4 is 28.0 Å². The van der Waals surface area contributed by atoms with Crippen LogP contribution in [-0.4, -0.2) is 25.4 Å². The van der Waals surface area contributed by atoms with Crippen molar-refractivity contribution in [3.05, 3.63) is 41.3 Å². The summed E-state index contributed by atoms with van der Waals surface area (Å²) in [6.45, 7) is 1.72. The maximum absolute atomic E-state index is 11.7. The number of carbonyl (C=O) groups is 2. The molecule has 0 bridgehead atoms. The van der Waals surface area contributed by atoms with Crippen LogP contribution in [0.3, 0.4) is 0 Å². The summed E-state index contributed by atoms with van der Waals surface area (Å²) in [6, 6.07) is 8.67. The first kappa shape index (κ1) is 16.9. The van der Waals surface area contributed by atoms with E-state index in [1.54, 1.807) is 42.0 Å². The molecular weight excluding hydrogens is 294 g/mol. The minimum Gasteiger partial charge on any atom is -0.481 e. The summed E-state index contributed by atoms with van der Waals surface area (Å²) in [7, 11) is -4.02. The van der Waals surface area contributed by atoms with E-state index in [9.17, 15) is 18.0 Å². The molecule has 0 radical (unpaired) electrons. The largest absolute Gasteiger partial charge is 0.481 e. The number of hydrogen-bond acceptors (Lipinski definition) is 4. The Kier molecular flexibility index (Phi) is 6.10. The summed E-state index contributed by atoms with van der Waals surface area (Å²) in [5, 5.41) is 9.74. The molecule has 1 aromatic rings. The Morgan fingerprint density at radius 1 is 1.29 bits per heavy atom. The standard InChI is InChI=1S/C14H17NO5S/c1-2-6-12(14(17)18)13(16)15-21(19,20)10-9-11-7-4-3-5-8-11/h3-5,7-10,12H,2,6H2,1H3,(H,15,16)(H,17,18). The number of aliphatic carboxylic acids is 1. The summed E-state index contributed by atoms with van der Waals surface area (Å²) in [6.07, 6.45) is 1.87. The number of carbonyl (C=O) groups excluding carboxylic acids is 1. The second-order valence-corrected chi connectivity index (χ2v) is 5.97. The molecule has 1 amide bonds. The summed E-state index contributed by atoms with van der Waals surface area (Å²) in [5.41, 5.74) is 0.652. The van der Waals surface area contributed by atoms with Gasteiger partial charge in [0.25, 0.3) is 10.0 Å². The van der Waals surface area contributed by atoms with E-state index in [1.807, 2.05) is 0 Å². The van der Waals surface area contributed by atoms with Gasteiger partial charge in [0, 0.05) is 0 Å². The number of carboxylic acids is 1. The van der Waals surface area contributed by atoms with E-state index < -0.39 is 27.8 Å². The maximum atomic E-state index is 11.7. The molecule has 1 rings (SSSR count). The molecule has 0 heterocycles. The Balaban J connectivity index is 2.78. The zero-order chi connectivity index (χ0) is 15.9. The summed E-state index contributed by atoms with van der Waals surface area (Å²) in [4.78, 5) is 22.6. The second-order valence-electron chi connectivity index (χ2n) is 4.40. The number of nitrogens with one attached hydrogen (secondary N) is 1. The van der Waals surface area contributed by atoms with Gasteiger partial charge in [-0.05, 0) is 18.1 Å². The van der Waals surface area contributed by atoms with Gasteiger partial charge in [-0.25, -0.2) is 13.1 Å². The normalized spacial score (nSPS) is 13.0. The lowest BCUT2D eigenvalue weighted by atomic mass is 10.0. The lowest BCUT2D eigenvalue weighted by Crippen LogP contribution is -2.38. The van der Waals surface area contributed by atoms with Crippen molar-refractivity contribution in [2.45, 2.75) is 19.8 Å². The Morgan fingerprint density at radius 3 is 2.43 bits per heavy atom. The van der Waals surface area contributed by atoms with Crippen molar-refractivity contribution in [3.8, 4) is 0 Å². The number of hydrogen-bond donors (Lipinski definition) is 2. The minimum atomic E-state index is -4.02. The van der Waals surface area contributed by atoms with Crippen LogP contribution in [0.25, 0.3) is 6.08 Å². The Hall–Kier alpha value is -2.15. The van der Waals surface area contributed by atoms with Crippen molar-refractivity contribution in [1.82, 2.24) is 4.72 Å². The summed E-state index contributed by atoms with van der Waals surface area (Å²) >= 11 is 0. The highest BCUT2D eigenvalue weighted by Crippen LogP contribution is 2.08. The predicted octanol–water partition coefficient (Wildman–Crippen LogP) is 1.60. The monoisotopic (exact) mass is 311 g/mol. The lowest BCUT2D eigenvalue weighted by molar-refractivity contribution is -0.146. The van der Waals surface area contributed by atoms with Crippen molar-refractivity contribution < 1.29 is 23.1 Å². The molecule has 0 aromatic heterocycles. The fraction of sp³-hybridized carbons (Fsp3) is 0.286. The van der Waals surface area contributed by atoms with E-state index in [1.165, 1.54) is 6.08 Å². The first-order valence-electron chi connectivity index (χ1n) is 6.38. The van der Waals surface area contributed by atoms with Crippen LogP contribution in [0.5, 0.6) is 0 Å². The molecule has 1 unspecified atom stereocenters. The van der Waals surface area contributed by atoms with Crippen LogP contribution in [0, 0.1) is 5.92 Å². The molecule has 0 aliphatic heterocycles. The molecule has 1 atom stereocenters. The van der Waals surface area contributed by atoms with E-state index in [-0.39, 0.29) is 6.42 Å². The fourth-order valence-corrected chi connectivity index (χ4v) is 2.46. The average molecular weight is 311 g/mol. The summed E-state index contributed by atoms with van der Waals surface area (Å²) in [5.74, 6) is -3.73. The third kappa shape index (κ3) is 5.78. The topological polar surface area (TPSA) is 101 Å². The highest BCUT2D eigenvalue weighted by molar-refractivity contribution is 7.93. The number of benzene rings is 1. The molecule has 114 valence electrons. The van der Waals surface area contributed by atoms with E-state index in [4.69, 9.17) is 5.11 Å². The highest BCUT2D eigenvalue weighted by atomic mass is 32.2. The van der Waals surface area contributed by atoms with Crippen molar-refractivity contribution in [3.63, 3.8) is 0 Å². The molecule has 7 heteroatoms. The number of carboxylic acid groups (broad SMARTS) is 1. The van der Waals surface area contributed by atoms with E-state index in [0.717, 1.165) is 5.41 Å². The van der Waals surface area contributed by atoms with Crippen LogP contribution in [0.4, 0.5) is 0 Å². The van der Waals surface area contributed by atoms with Gasteiger partial charge in [0.15, 0.2) is 0 Å². The molecule has 0 fully saturated rings. The van der Waals surface area contributed by atoms with E-state index >= 15 is 0 Å². The molecule has 6 nitrogen and oxygen atoms in total. The van der Waals surface area contributed by atoms with Crippen LogP contribution >= 0.6 is 0 Å². The van der Waals surface area contributed by atoms with E-state index in [0.29, 0.717) is 12.0 Å². The number of amides is 1. The first-order chi connectivity index (χ1) is 9.85. The smallest absolute Gasteiger partial charge is 0.316 e. The molecule has 21 heavy (non-hydrogen) atoms. The predicted molar refractivity (Wildman–Crippen MR) is 78.6 cm³/mol. The van der Waals surface area contributed by atoms with Crippen LogP contribution < -0.4 is 4.72 Å². The molecule has 0 spiro atoms. The van der Waals surface area contributed by atoms with E-state index in [2.05, 4.69) is 0 Å². The van der Waals surface area contributed by atoms with Gasteiger partial charge in [0.05, 0.1) is 5.41 Å². The van der Waals surface area contributed by atoms with Crippen molar-refractivity contribution in [2.75, 3.05) is 0 Å². The highest BCUT2D eigenvalue weighted by Gasteiger charge is 2.27. The van der Waals surface area contributed by atoms with Crippen LogP contribution in [0.1, 0.15) is 25.3 Å². The van der Waals surface area contributed by atoms with Gasteiger partial charge in [-0.15, -0.1) is 0 Å². The minimum absolute atomic E-state index is 0.0824. The Morgan fingerprint density at radius 2 is 1.90 bits per heavy atom. The van der Waals surface area contributed by atoms with Gasteiger partial charge in [0.1, 0.15) is 5.92 Å². The van der Waals surface area contributed by atoms with Gasteiger partial charge in [0.2, 0.25) is 5.91 Å².